The maximum atomic E-state index is 11.5. The van der Waals surface area contributed by atoms with Crippen molar-refractivity contribution < 1.29 is 4.79 Å². The molecule has 1 aromatic carbocycles. The lowest BCUT2D eigenvalue weighted by atomic mass is 10.0. The van der Waals surface area contributed by atoms with E-state index in [1.807, 2.05) is 31.3 Å². The van der Waals surface area contributed by atoms with Gasteiger partial charge in [0.25, 0.3) is 5.91 Å². The molecule has 0 aromatic heterocycles. The molecule has 0 spiro atoms. The predicted octanol–water partition coefficient (Wildman–Crippen LogP) is 0.808. The minimum absolute atomic E-state index is 0.0169. The molecular formula is C11H16N2O. The van der Waals surface area contributed by atoms with Crippen LogP contribution in [0.2, 0.25) is 0 Å². The first-order valence-electron chi connectivity index (χ1n) is 4.74. The van der Waals surface area contributed by atoms with Crippen LogP contribution in [0.25, 0.3) is 0 Å². The lowest BCUT2D eigenvalue weighted by Crippen LogP contribution is -2.21. The average molecular weight is 192 g/mol. The van der Waals surface area contributed by atoms with E-state index in [1.54, 1.807) is 7.05 Å². The first kappa shape index (κ1) is 10.7. The number of likely N-dealkylation sites (N-methyl/N-ethyl adjacent to an activating group) is 1. The predicted molar refractivity (Wildman–Crippen MR) is 57.5 cm³/mol. The van der Waals surface area contributed by atoms with Gasteiger partial charge >= 0.3 is 0 Å². The summed E-state index contributed by atoms with van der Waals surface area (Å²) < 4.78 is 0. The lowest BCUT2D eigenvalue weighted by molar-refractivity contribution is 0.0962. The van der Waals surface area contributed by atoms with Crippen LogP contribution in [0.4, 0.5) is 0 Å². The fourth-order valence-electron chi connectivity index (χ4n) is 1.35. The van der Waals surface area contributed by atoms with Gasteiger partial charge in [0.15, 0.2) is 0 Å². The molecule has 0 saturated carbocycles. The summed E-state index contributed by atoms with van der Waals surface area (Å²) in [5.74, 6) is -0.0169. The molecule has 0 bridgehead atoms. The summed E-state index contributed by atoms with van der Waals surface area (Å²) in [7, 11) is 3.56. The second kappa shape index (κ2) is 5.40. The number of carbonyl (C=O) groups excluding carboxylic acids is 1. The van der Waals surface area contributed by atoms with Gasteiger partial charge in [-0.15, -0.1) is 0 Å². The number of benzene rings is 1. The van der Waals surface area contributed by atoms with Crippen molar-refractivity contribution in [1.29, 1.82) is 0 Å². The number of amides is 1. The summed E-state index contributed by atoms with van der Waals surface area (Å²) in [4.78, 5) is 11.5. The summed E-state index contributed by atoms with van der Waals surface area (Å²) in [6.07, 6.45) is 0.875. The van der Waals surface area contributed by atoms with E-state index in [4.69, 9.17) is 0 Å². The molecule has 0 aliphatic carbocycles. The molecule has 0 radical (unpaired) electrons. The van der Waals surface area contributed by atoms with Gasteiger partial charge in [0.05, 0.1) is 0 Å². The summed E-state index contributed by atoms with van der Waals surface area (Å²) in [6, 6.07) is 7.68. The van der Waals surface area contributed by atoms with E-state index in [2.05, 4.69) is 10.6 Å². The summed E-state index contributed by atoms with van der Waals surface area (Å²) >= 11 is 0. The van der Waals surface area contributed by atoms with Crippen LogP contribution in [0.3, 0.4) is 0 Å². The van der Waals surface area contributed by atoms with Gasteiger partial charge in [0.2, 0.25) is 0 Å². The van der Waals surface area contributed by atoms with Crippen molar-refractivity contribution in [2.24, 2.45) is 0 Å². The van der Waals surface area contributed by atoms with Gasteiger partial charge in [0, 0.05) is 12.6 Å². The molecule has 14 heavy (non-hydrogen) atoms. The molecule has 1 aromatic rings. The van der Waals surface area contributed by atoms with Crippen LogP contribution in [-0.4, -0.2) is 26.5 Å². The Hall–Kier alpha value is -1.35. The van der Waals surface area contributed by atoms with Crippen LogP contribution in [0.15, 0.2) is 24.3 Å². The number of rotatable bonds is 4. The van der Waals surface area contributed by atoms with Gasteiger partial charge in [-0.3, -0.25) is 4.79 Å². The van der Waals surface area contributed by atoms with Crippen LogP contribution in [0, 0.1) is 0 Å². The molecular weight excluding hydrogens is 176 g/mol. The van der Waals surface area contributed by atoms with E-state index >= 15 is 0 Å². The second-order valence-corrected chi connectivity index (χ2v) is 3.09. The number of carbonyl (C=O) groups is 1. The van der Waals surface area contributed by atoms with Crippen LogP contribution >= 0.6 is 0 Å². The van der Waals surface area contributed by atoms with Crippen LogP contribution in [-0.2, 0) is 6.42 Å². The second-order valence-electron chi connectivity index (χ2n) is 3.09. The van der Waals surface area contributed by atoms with E-state index in [0.29, 0.717) is 0 Å². The molecule has 0 aliphatic heterocycles. The van der Waals surface area contributed by atoms with Crippen molar-refractivity contribution in [2.45, 2.75) is 6.42 Å². The van der Waals surface area contributed by atoms with E-state index in [9.17, 15) is 4.79 Å². The maximum Gasteiger partial charge on any atom is 0.251 e. The van der Waals surface area contributed by atoms with Gasteiger partial charge in [0.1, 0.15) is 0 Å². The quantitative estimate of drug-likeness (QED) is 0.741. The highest BCUT2D eigenvalue weighted by Gasteiger charge is 2.07. The van der Waals surface area contributed by atoms with Gasteiger partial charge in [-0.05, 0) is 31.6 Å². The molecule has 2 N–H and O–H groups in total. The summed E-state index contributed by atoms with van der Waals surface area (Å²) in [5.41, 5.74) is 1.85. The monoisotopic (exact) mass is 192 g/mol. The Balaban J connectivity index is 2.85. The topological polar surface area (TPSA) is 41.1 Å². The first-order chi connectivity index (χ1) is 6.79. The molecule has 0 heterocycles. The molecule has 76 valence electrons. The van der Waals surface area contributed by atoms with Crippen molar-refractivity contribution >= 4 is 5.91 Å². The number of hydrogen-bond acceptors (Lipinski definition) is 2. The largest absolute Gasteiger partial charge is 0.355 e. The fourth-order valence-corrected chi connectivity index (χ4v) is 1.35. The Kier molecular flexibility index (Phi) is 4.13. The fraction of sp³-hybridized carbons (Fsp3) is 0.364. The smallest absolute Gasteiger partial charge is 0.251 e. The zero-order valence-electron chi connectivity index (χ0n) is 8.63. The summed E-state index contributed by atoms with van der Waals surface area (Å²) in [5, 5.41) is 5.71. The third kappa shape index (κ3) is 2.57. The molecule has 0 unspecified atom stereocenters. The Morgan fingerprint density at radius 2 is 2.00 bits per heavy atom. The highest BCUT2D eigenvalue weighted by molar-refractivity contribution is 5.95. The Bertz CT molecular complexity index is 310. The number of hydrogen-bond donors (Lipinski definition) is 2. The molecule has 3 nitrogen and oxygen atoms in total. The Labute approximate surface area is 84.5 Å². The van der Waals surface area contributed by atoms with Gasteiger partial charge in [-0.1, -0.05) is 18.2 Å². The van der Waals surface area contributed by atoms with Crippen LogP contribution < -0.4 is 10.6 Å². The molecule has 1 rings (SSSR count). The molecule has 0 saturated heterocycles. The van der Waals surface area contributed by atoms with Crippen molar-refractivity contribution in [2.75, 3.05) is 20.6 Å². The molecule has 0 fully saturated rings. The van der Waals surface area contributed by atoms with E-state index in [1.165, 1.54) is 0 Å². The van der Waals surface area contributed by atoms with E-state index < -0.39 is 0 Å². The normalized spacial score (nSPS) is 9.86. The van der Waals surface area contributed by atoms with Crippen LogP contribution in [0.5, 0.6) is 0 Å². The van der Waals surface area contributed by atoms with Crippen LogP contribution in [0.1, 0.15) is 15.9 Å². The Morgan fingerprint density at radius 1 is 1.29 bits per heavy atom. The van der Waals surface area contributed by atoms with Crippen molar-refractivity contribution in [3.63, 3.8) is 0 Å². The third-order valence-corrected chi connectivity index (χ3v) is 2.13. The number of nitrogens with one attached hydrogen (secondary N) is 2. The first-order valence-corrected chi connectivity index (χ1v) is 4.74. The standard InChI is InChI=1S/C11H16N2O/c1-12-8-7-9-5-3-4-6-10(9)11(14)13-2/h3-6,12H,7-8H2,1-2H3,(H,13,14). The third-order valence-electron chi connectivity index (χ3n) is 2.13. The zero-order valence-corrected chi connectivity index (χ0v) is 8.63. The summed E-state index contributed by atoms with van der Waals surface area (Å²) in [6.45, 7) is 0.883. The van der Waals surface area contributed by atoms with E-state index in [-0.39, 0.29) is 5.91 Å². The molecule has 0 aliphatic rings. The highest BCUT2D eigenvalue weighted by atomic mass is 16.1. The maximum absolute atomic E-state index is 11.5. The highest BCUT2D eigenvalue weighted by Crippen LogP contribution is 2.08. The molecule has 1 amide bonds. The lowest BCUT2D eigenvalue weighted by Gasteiger charge is -2.07. The Morgan fingerprint density at radius 3 is 2.64 bits per heavy atom. The SMILES string of the molecule is CNCCc1ccccc1C(=O)NC. The average Bonchev–Trinajstić information content (AvgIpc) is 2.25. The van der Waals surface area contributed by atoms with Gasteiger partial charge in [-0.2, -0.15) is 0 Å². The molecule has 3 heteroatoms. The van der Waals surface area contributed by atoms with Gasteiger partial charge in [-0.25, -0.2) is 0 Å². The zero-order chi connectivity index (χ0) is 10.4. The minimum atomic E-state index is -0.0169. The van der Waals surface area contributed by atoms with E-state index in [0.717, 1.165) is 24.1 Å². The van der Waals surface area contributed by atoms with Crippen molar-refractivity contribution in [1.82, 2.24) is 10.6 Å². The minimum Gasteiger partial charge on any atom is -0.355 e. The van der Waals surface area contributed by atoms with Crippen molar-refractivity contribution in [3.8, 4) is 0 Å². The van der Waals surface area contributed by atoms with Gasteiger partial charge < -0.3 is 10.6 Å². The van der Waals surface area contributed by atoms with Crippen molar-refractivity contribution in [3.05, 3.63) is 35.4 Å². The molecule has 0 atom stereocenters.